The van der Waals surface area contributed by atoms with Crippen LogP contribution < -0.4 is 4.74 Å². The monoisotopic (exact) mass is 351 g/mol. The second-order valence-corrected chi connectivity index (χ2v) is 5.77. The van der Waals surface area contributed by atoms with Crippen molar-refractivity contribution >= 4 is 35.4 Å². The number of benzene rings is 2. The molecule has 1 aromatic heterocycles. The third kappa shape index (κ3) is 3.32. The maximum Gasteiger partial charge on any atom is 0.199 e. The van der Waals surface area contributed by atoms with Gasteiger partial charge in [0.1, 0.15) is 12.4 Å². The summed E-state index contributed by atoms with van der Waals surface area (Å²) in [6, 6.07) is 14.7. The first-order valence-corrected chi connectivity index (χ1v) is 7.60. The summed E-state index contributed by atoms with van der Waals surface area (Å²) in [5, 5.41) is 8.02. The van der Waals surface area contributed by atoms with Crippen molar-refractivity contribution in [2.24, 2.45) is 0 Å². The topological polar surface area (TPSA) is 42.8 Å². The van der Waals surface area contributed by atoms with Gasteiger partial charge in [0.15, 0.2) is 10.6 Å². The molecule has 0 fully saturated rings. The van der Waals surface area contributed by atoms with Gasteiger partial charge in [-0.25, -0.2) is 0 Å². The van der Waals surface area contributed by atoms with Gasteiger partial charge in [-0.05, 0) is 42.5 Å². The van der Waals surface area contributed by atoms with Crippen molar-refractivity contribution in [1.82, 2.24) is 14.8 Å². The molecular formula is C15H11Cl2N3OS. The molecule has 22 heavy (non-hydrogen) atoms. The summed E-state index contributed by atoms with van der Waals surface area (Å²) in [4.78, 5) is 0. The molecule has 4 nitrogen and oxygen atoms in total. The van der Waals surface area contributed by atoms with E-state index < -0.39 is 0 Å². The van der Waals surface area contributed by atoms with Gasteiger partial charge >= 0.3 is 0 Å². The van der Waals surface area contributed by atoms with Crippen LogP contribution in [-0.4, -0.2) is 14.8 Å². The SMILES string of the molecule is S=c1[nH]nc(COc2ccccc2)n1-c1cc(Cl)cc(Cl)c1. The average Bonchev–Trinajstić information content (AvgIpc) is 2.86. The largest absolute Gasteiger partial charge is 0.486 e. The normalized spacial score (nSPS) is 10.6. The average molecular weight is 352 g/mol. The lowest BCUT2D eigenvalue weighted by atomic mass is 10.3. The number of ether oxygens (including phenoxy) is 1. The molecule has 0 aliphatic heterocycles. The zero-order chi connectivity index (χ0) is 15.5. The molecule has 0 radical (unpaired) electrons. The van der Waals surface area contributed by atoms with Gasteiger partial charge in [0.05, 0.1) is 5.69 Å². The van der Waals surface area contributed by atoms with E-state index >= 15 is 0 Å². The van der Waals surface area contributed by atoms with Crippen molar-refractivity contribution in [2.45, 2.75) is 6.61 Å². The Labute approximate surface area is 142 Å². The number of hydrogen-bond donors (Lipinski definition) is 1. The minimum absolute atomic E-state index is 0.265. The number of aromatic amines is 1. The molecular weight excluding hydrogens is 341 g/mol. The predicted molar refractivity (Wildman–Crippen MR) is 89.5 cm³/mol. The minimum atomic E-state index is 0.265. The van der Waals surface area contributed by atoms with E-state index in [1.165, 1.54) is 0 Å². The molecule has 0 atom stereocenters. The Morgan fingerprint density at radius 3 is 2.45 bits per heavy atom. The van der Waals surface area contributed by atoms with Crippen molar-refractivity contribution in [1.29, 1.82) is 0 Å². The Morgan fingerprint density at radius 1 is 1.09 bits per heavy atom. The second-order valence-electron chi connectivity index (χ2n) is 4.51. The van der Waals surface area contributed by atoms with E-state index in [2.05, 4.69) is 10.2 Å². The van der Waals surface area contributed by atoms with E-state index in [4.69, 9.17) is 40.2 Å². The van der Waals surface area contributed by atoms with Gasteiger partial charge in [-0.2, -0.15) is 5.10 Å². The molecule has 112 valence electrons. The molecule has 7 heteroatoms. The molecule has 1 heterocycles. The maximum atomic E-state index is 6.05. The van der Waals surface area contributed by atoms with E-state index in [-0.39, 0.29) is 6.61 Å². The van der Waals surface area contributed by atoms with Crippen LogP contribution in [0.4, 0.5) is 0 Å². The summed E-state index contributed by atoms with van der Waals surface area (Å²) in [7, 11) is 0. The number of para-hydroxylation sites is 1. The van der Waals surface area contributed by atoms with Crippen LogP contribution in [0.3, 0.4) is 0 Å². The van der Waals surface area contributed by atoms with Gasteiger partial charge in [0.25, 0.3) is 0 Å². The fourth-order valence-electron chi connectivity index (χ4n) is 2.03. The molecule has 0 saturated carbocycles. The summed E-state index contributed by atoms with van der Waals surface area (Å²) in [6.45, 7) is 0.265. The van der Waals surface area contributed by atoms with E-state index in [0.717, 1.165) is 11.4 Å². The van der Waals surface area contributed by atoms with Crippen LogP contribution in [0.5, 0.6) is 5.75 Å². The Hall–Kier alpha value is -1.82. The Bertz CT molecular complexity index is 825. The zero-order valence-corrected chi connectivity index (χ0v) is 13.6. The minimum Gasteiger partial charge on any atom is -0.486 e. The summed E-state index contributed by atoms with van der Waals surface area (Å²) in [5.74, 6) is 1.39. The molecule has 0 bridgehead atoms. The zero-order valence-electron chi connectivity index (χ0n) is 11.3. The number of aromatic nitrogens is 3. The molecule has 0 aliphatic rings. The van der Waals surface area contributed by atoms with Crippen molar-refractivity contribution in [3.8, 4) is 11.4 Å². The highest BCUT2D eigenvalue weighted by Crippen LogP contribution is 2.23. The van der Waals surface area contributed by atoms with E-state index in [1.807, 2.05) is 30.3 Å². The quantitative estimate of drug-likeness (QED) is 0.685. The number of nitrogens with zero attached hydrogens (tertiary/aromatic N) is 2. The van der Waals surface area contributed by atoms with Crippen LogP contribution in [0.2, 0.25) is 10.0 Å². The molecule has 3 rings (SSSR count). The summed E-state index contributed by atoms with van der Waals surface area (Å²) < 4.78 is 7.91. The van der Waals surface area contributed by atoms with Crippen LogP contribution in [-0.2, 0) is 6.61 Å². The number of rotatable bonds is 4. The molecule has 0 unspecified atom stereocenters. The highest BCUT2D eigenvalue weighted by Gasteiger charge is 2.10. The van der Waals surface area contributed by atoms with Crippen molar-refractivity contribution in [3.63, 3.8) is 0 Å². The van der Waals surface area contributed by atoms with Gasteiger partial charge in [-0.15, -0.1) is 0 Å². The van der Waals surface area contributed by atoms with Gasteiger partial charge in [0.2, 0.25) is 0 Å². The number of halogens is 2. The van der Waals surface area contributed by atoms with Gasteiger partial charge in [-0.1, -0.05) is 41.4 Å². The lowest BCUT2D eigenvalue weighted by Crippen LogP contribution is -2.06. The van der Waals surface area contributed by atoms with E-state index in [9.17, 15) is 0 Å². The van der Waals surface area contributed by atoms with Crippen LogP contribution >= 0.6 is 35.4 Å². The van der Waals surface area contributed by atoms with Gasteiger partial charge < -0.3 is 4.74 Å². The molecule has 0 saturated heterocycles. The molecule has 0 spiro atoms. The Kier molecular flexibility index (Phi) is 4.47. The Balaban J connectivity index is 1.92. The summed E-state index contributed by atoms with van der Waals surface area (Å²) in [6.07, 6.45) is 0. The standard InChI is InChI=1S/C15H11Cl2N3OS/c16-10-6-11(17)8-12(7-10)20-14(18-19-15(20)22)9-21-13-4-2-1-3-5-13/h1-8H,9H2,(H,19,22). The third-order valence-corrected chi connectivity index (χ3v) is 3.67. The number of hydrogen-bond acceptors (Lipinski definition) is 3. The second kappa shape index (κ2) is 6.52. The van der Waals surface area contributed by atoms with Crippen molar-refractivity contribution in [2.75, 3.05) is 0 Å². The number of nitrogens with one attached hydrogen (secondary N) is 1. The first-order valence-electron chi connectivity index (χ1n) is 6.44. The fraction of sp³-hybridized carbons (Fsp3) is 0.0667. The van der Waals surface area contributed by atoms with Crippen LogP contribution in [0.25, 0.3) is 5.69 Å². The van der Waals surface area contributed by atoms with Gasteiger partial charge in [0, 0.05) is 10.0 Å². The predicted octanol–water partition coefficient (Wildman–Crippen LogP) is 4.82. The van der Waals surface area contributed by atoms with Crippen molar-refractivity contribution in [3.05, 3.63) is 69.2 Å². The maximum absolute atomic E-state index is 6.05. The Morgan fingerprint density at radius 2 is 1.77 bits per heavy atom. The lowest BCUT2D eigenvalue weighted by molar-refractivity contribution is 0.293. The lowest BCUT2D eigenvalue weighted by Gasteiger charge is -2.09. The summed E-state index contributed by atoms with van der Waals surface area (Å²) in [5.41, 5.74) is 0.739. The molecule has 1 N–H and O–H groups in total. The molecule has 2 aromatic carbocycles. The van der Waals surface area contributed by atoms with E-state index in [1.54, 1.807) is 22.8 Å². The fourth-order valence-corrected chi connectivity index (χ4v) is 2.80. The highest BCUT2D eigenvalue weighted by atomic mass is 35.5. The smallest absolute Gasteiger partial charge is 0.199 e. The third-order valence-electron chi connectivity index (χ3n) is 2.96. The first-order chi connectivity index (χ1) is 10.6. The number of H-pyrrole nitrogens is 1. The van der Waals surface area contributed by atoms with Crippen LogP contribution in [0.1, 0.15) is 5.82 Å². The molecule has 0 aliphatic carbocycles. The van der Waals surface area contributed by atoms with Gasteiger partial charge in [-0.3, -0.25) is 9.67 Å². The molecule has 0 amide bonds. The highest BCUT2D eigenvalue weighted by molar-refractivity contribution is 7.71. The summed E-state index contributed by atoms with van der Waals surface area (Å²) >= 11 is 17.4. The first kappa shape index (κ1) is 15.1. The van der Waals surface area contributed by atoms with Crippen LogP contribution in [0, 0.1) is 4.77 Å². The molecule has 3 aromatic rings. The van der Waals surface area contributed by atoms with Crippen molar-refractivity contribution < 1.29 is 4.74 Å². The van der Waals surface area contributed by atoms with E-state index in [0.29, 0.717) is 20.6 Å². The van der Waals surface area contributed by atoms with Crippen LogP contribution in [0.15, 0.2) is 48.5 Å².